The summed E-state index contributed by atoms with van der Waals surface area (Å²) in [6.45, 7) is 7.50. The quantitative estimate of drug-likeness (QED) is 0.608. The second-order valence-corrected chi connectivity index (χ2v) is 9.09. The first kappa shape index (κ1) is 21.7. The molecule has 0 bridgehead atoms. The average Bonchev–Trinajstić information content (AvgIpc) is 3.27. The lowest BCUT2D eigenvalue weighted by Crippen LogP contribution is -2.45. The topological polar surface area (TPSA) is 99.6 Å². The van der Waals surface area contributed by atoms with E-state index in [9.17, 15) is 0 Å². The fourth-order valence-corrected chi connectivity index (χ4v) is 4.73. The molecule has 1 atom stereocenters. The molecule has 1 fully saturated rings. The smallest absolute Gasteiger partial charge is 0.223 e. The van der Waals surface area contributed by atoms with Crippen LogP contribution in [-0.4, -0.2) is 75.6 Å². The van der Waals surface area contributed by atoms with Gasteiger partial charge in [-0.25, -0.2) is 0 Å². The molecule has 4 heterocycles. The summed E-state index contributed by atoms with van der Waals surface area (Å²) in [5.74, 6) is 2.11. The maximum atomic E-state index is 9.16. The Balaban J connectivity index is 1.41. The van der Waals surface area contributed by atoms with Crippen molar-refractivity contribution in [1.29, 1.82) is 0 Å². The second kappa shape index (κ2) is 8.99. The lowest BCUT2D eigenvalue weighted by Gasteiger charge is -2.37. The van der Waals surface area contributed by atoms with E-state index in [0.29, 0.717) is 18.5 Å². The number of anilines is 3. The Hall–Kier alpha value is -3.17. The molecule has 1 unspecified atom stereocenters. The second-order valence-electron chi connectivity index (χ2n) is 9.09. The number of aliphatic hydroxyl groups excluding tert-OH is 1. The third-order valence-corrected chi connectivity index (χ3v) is 6.70. The standard InChI is InChI=1S/C24H32N8O/c1-17-13-18-3-4-19(21-5-6-31(28-21)11-12-33)14-20(18)16-32(17)23-15-22(26-24(25)27-23)30-9-7-29(2)8-10-30/h3-6,14-15,17,33H,7-13,16H2,1-2H3,(H2,25,26,27). The normalized spacial score (nSPS) is 19.1. The molecule has 3 aromatic rings. The molecule has 1 saturated heterocycles. The molecule has 2 aliphatic heterocycles. The molecular weight excluding hydrogens is 416 g/mol. The maximum Gasteiger partial charge on any atom is 0.223 e. The van der Waals surface area contributed by atoms with Gasteiger partial charge < -0.3 is 25.5 Å². The Morgan fingerprint density at radius 1 is 1.03 bits per heavy atom. The molecule has 1 aromatic carbocycles. The van der Waals surface area contributed by atoms with Gasteiger partial charge in [0.15, 0.2) is 0 Å². The highest BCUT2D eigenvalue weighted by Gasteiger charge is 2.26. The van der Waals surface area contributed by atoms with Gasteiger partial charge in [0, 0.05) is 56.6 Å². The van der Waals surface area contributed by atoms with Gasteiger partial charge in [0.25, 0.3) is 0 Å². The van der Waals surface area contributed by atoms with Crippen LogP contribution < -0.4 is 15.5 Å². The predicted octanol–water partition coefficient (Wildman–Crippen LogP) is 1.62. The zero-order valence-electron chi connectivity index (χ0n) is 19.4. The summed E-state index contributed by atoms with van der Waals surface area (Å²) in [5, 5.41) is 13.8. The molecule has 0 saturated carbocycles. The summed E-state index contributed by atoms with van der Waals surface area (Å²) in [6, 6.07) is 11.0. The van der Waals surface area contributed by atoms with Crippen molar-refractivity contribution in [3.63, 3.8) is 0 Å². The largest absolute Gasteiger partial charge is 0.394 e. The summed E-state index contributed by atoms with van der Waals surface area (Å²) in [6.07, 6.45) is 2.85. The van der Waals surface area contributed by atoms with E-state index in [2.05, 4.69) is 68.0 Å². The van der Waals surface area contributed by atoms with Gasteiger partial charge in [-0.2, -0.15) is 15.1 Å². The molecule has 0 spiro atoms. The minimum absolute atomic E-state index is 0.0797. The zero-order valence-corrected chi connectivity index (χ0v) is 19.4. The van der Waals surface area contributed by atoms with E-state index >= 15 is 0 Å². The number of hydrogen-bond donors (Lipinski definition) is 2. The van der Waals surface area contributed by atoms with E-state index in [4.69, 9.17) is 10.8 Å². The number of nitrogen functional groups attached to an aromatic ring is 1. The highest BCUT2D eigenvalue weighted by atomic mass is 16.3. The SMILES string of the molecule is CC1Cc2ccc(-c3ccn(CCO)n3)cc2CN1c1cc(N2CCN(C)CC2)nc(N)n1. The molecule has 5 rings (SSSR count). The summed E-state index contributed by atoms with van der Waals surface area (Å²) in [7, 11) is 2.15. The molecule has 3 N–H and O–H groups in total. The summed E-state index contributed by atoms with van der Waals surface area (Å²) < 4.78 is 1.77. The van der Waals surface area contributed by atoms with Gasteiger partial charge in [0.2, 0.25) is 5.95 Å². The van der Waals surface area contributed by atoms with E-state index in [1.165, 1.54) is 11.1 Å². The van der Waals surface area contributed by atoms with E-state index < -0.39 is 0 Å². The van der Waals surface area contributed by atoms with Crippen LogP contribution in [0.4, 0.5) is 17.6 Å². The van der Waals surface area contributed by atoms with Crippen LogP contribution in [0.5, 0.6) is 0 Å². The minimum Gasteiger partial charge on any atom is -0.394 e. The minimum atomic E-state index is 0.0797. The Labute approximate surface area is 194 Å². The van der Waals surface area contributed by atoms with Gasteiger partial charge in [0.05, 0.1) is 18.8 Å². The van der Waals surface area contributed by atoms with Gasteiger partial charge in [-0.15, -0.1) is 0 Å². The van der Waals surface area contributed by atoms with Crippen molar-refractivity contribution in [3.8, 4) is 11.3 Å². The Kier molecular flexibility index (Phi) is 5.90. The van der Waals surface area contributed by atoms with Crippen molar-refractivity contribution in [2.75, 3.05) is 55.4 Å². The van der Waals surface area contributed by atoms with Gasteiger partial charge in [0.1, 0.15) is 11.6 Å². The highest BCUT2D eigenvalue weighted by molar-refractivity contribution is 5.63. The van der Waals surface area contributed by atoms with Gasteiger partial charge >= 0.3 is 0 Å². The fourth-order valence-electron chi connectivity index (χ4n) is 4.73. The molecule has 0 radical (unpaired) electrons. The van der Waals surface area contributed by atoms with Gasteiger partial charge in [-0.1, -0.05) is 12.1 Å². The number of likely N-dealkylation sites (N-methyl/N-ethyl adjacent to an activating group) is 1. The average molecular weight is 449 g/mol. The van der Waals surface area contributed by atoms with Crippen molar-refractivity contribution in [2.45, 2.75) is 32.5 Å². The van der Waals surface area contributed by atoms with Crippen molar-refractivity contribution < 1.29 is 5.11 Å². The summed E-state index contributed by atoms with van der Waals surface area (Å²) in [4.78, 5) is 16.1. The monoisotopic (exact) mass is 448 g/mol. The molecule has 33 heavy (non-hydrogen) atoms. The van der Waals surface area contributed by atoms with Crippen molar-refractivity contribution >= 4 is 17.6 Å². The predicted molar refractivity (Wildman–Crippen MR) is 130 cm³/mol. The van der Waals surface area contributed by atoms with Crippen molar-refractivity contribution in [3.05, 3.63) is 47.7 Å². The van der Waals surface area contributed by atoms with Gasteiger partial charge in [-0.05, 0) is 43.7 Å². The Bertz CT molecular complexity index is 1120. The highest BCUT2D eigenvalue weighted by Crippen LogP contribution is 2.32. The number of rotatable bonds is 5. The Morgan fingerprint density at radius 2 is 1.82 bits per heavy atom. The molecular formula is C24H32N8O. The van der Waals surface area contributed by atoms with Gasteiger partial charge in [-0.3, -0.25) is 4.68 Å². The molecule has 174 valence electrons. The van der Waals surface area contributed by atoms with Crippen LogP contribution in [-0.2, 0) is 19.5 Å². The van der Waals surface area contributed by atoms with Crippen LogP contribution in [0.2, 0.25) is 0 Å². The number of piperazine rings is 1. The van der Waals surface area contributed by atoms with E-state index in [1.807, 2.05) is 12.3 Å². The van der Waals surface area contributed by atoms with Crippen molar-refractivity contribution in [1.82, 2.24) is 24.6 Å². The number of fused-ring (bicyclic) bond motifs is 1. The third-order valence-electron chi connectivity index (χ3n) is 6.70. The van der Waals surface area contributed by atoms with E-state index in [-0.39, 0.29) is 6.61 Å². The van der Waals surface area contributed by atoms with Crippen LogP contribution >= 0.6 is 0 Å². The van der Waals surface area contributed by atoms with E-state index in [0.717, 1.165) is 62.0 Å². The molecule has 0 aliphatic carbocycles. The molecule has 0 amide bonds. The number of hydrogen-bond acceptors (Lipinski definition) is 8. The number of nitrogens with zero attached hydrogens (tertiary/aromatic N) is 7. The van der Waals surface area contributed by atoms with Crippen LogP contribution in [0, 0.1) is 0 Å². The van der Waals surface area contributed by atoms with Crippen LogP contribution in [0.1, 0.15) is 18.1 Å². The summed E-state index contributed by atoms with van der Waals surface area (Å²) in [5.41, 5.74) is 10.8. The first-order valence-corrected chi connectivity index (χ1v) is 11.6. The van der Waals surface area contributed by atoms with Crippen LogP contribution in [0.25, 0.3) is 11.3 Å². The number of nitrogens with two attached hydrogens (primary N) is 1. The molecule has 2 aromatic heterocycles. The first-order chi connectivity index (χ1) is 16.0. The number of benzene rings is 1. The number of aliphatic hydroxyl groups is 1. The first-order valence-electron chi connectivity index (χ1n) is 11.6. The lowest BCUT2D eigenvalue weighted by molar-refractivity contribution is 0.269. The fraction of sp³-hybridized carbons (Fsp3) is 0.458. The van der Waals surface area contributed by atoms with Crippen molar-refractivity contribution in [2.24, 2.45) is 0 Å². The van der Waals surface area contributed by atoms with Crippen LogP contribution in [0.15, 0.2) is 36.5 Å². The Morgan fingerprint density at radius 3 is 2.61 bits per heavy atom. The lowest BCUT2D eigenvalue weighted by atomic mass is 9.92. The van der Waals surface area contributed by atoms with Crippen LogP contribution in [0.3, 0.4) is 0 Å². The maximum absolute atomic E-state index is 9.16. The zero-order chi connectivity index (χ0) is 22.9. The summed E-state index contributed by atoms with van der Waals surface area (Å²) >= 11 is 0. The molecule has 9 nitrogen and oxygen atoms in total. The molecule has 2 aliphatic rings. The number of aromatic nitrogens is 4. The molecule has 9 heteroatoms. The third kappa shape index (κ3) is 4.51. The van der Waals surface area contributed by atoms with E-state index in [1.54, 1.807) is 4.68 Å².